The summed E-state index contributed by atoms with van der Waals surface area (Å²) in [5, 5.41) is 0. The van der Waals surface area contributed by atoms with Crippen LogP contribution in [0.3, 0.4) is 0 Å². The van der Waals surface area contributed by atoms with E-state index in [1.54, 1.807) is 12.1 Å². The fraction of sp³-hybridized carbons (Fsp3) is 0.400. The van der Waals surface area contributed by atoms with Crippen molar-refractivity contribution in [2.75, 3.05) is 17.2 Å². The van der Waals surface area contributed by atoms with Crippen molar-refractivity contribution in [3.8, 4) is 0 Å². The van der Waals surface area contributed by atoms with Crippen LogP contribution < -0.4 is 5.73 Å². The van der Waals surface area contributed by atoms with Crippen molar-refractivity contribution in [3.05, 3.63) is 18.0 Å². The number of nitrogen functional groups attached to an aromatic ring is 1. The summed E-state index contributed by atoms with van der Waals surface area (Å²) in [5.41, 5.74) is 6.90. The zero-order valence-corrected chi connectivity index (χ0v) is 9.87. The molecule has 1 saturated heterocycles. The second-order valence-electron chi connectivity index (χ2n) is 4.33. The van der Waals surface area contributed by atoms with Gasteiger partial charge in [0.1, 0.15) is 11.6 Å². The number of imidazole rings is 1. The molecule has 1 aliphatic rings. The van der Waals surface area contributed by atoms with E-state index in [-0.39, 0.29) is 17.4 Å². The molecule has 3 N–H and O–H groups in total. The first kappa shape index (κ1) is 10.5. The van der Waals surface area contributed by atoms with Crippen LogP contribution in [0.25, 0.3) is 11.2 Å². The summed E-state index contributed by atoms with van der Waals surface area (Å²) >= 11 is 0. The lowest BCUT2D eigenvalue weighted by atomic mass is 10.1. The molecule has 1 atom stereocenters. The van der Waals surface area contributed by atoms with Gasteiger partial charge in [0.2, 0.25) is 0 Å². The zero-order valence-electron chi connectivity index (χ0n) is 9.05. The van der Waals surface area contributed by atoms with Crippen LogP contribution in [-0.2, 0) is 9.84 Å². The van der Waals surface area contributed by atoms with E-state index in [0.717, 1.165) is 5.52 Å². The molecule has 7 heteroatoms. The van der Waals surface area contributed by atoms with Gasteiger partial charge in [0, 0.05) is 5.92 Å². The van der Waals surface area contributed by atoms with E-state index in [1.807, 2.05) is 0 Å². The van der Waals surface area contributed by atoms with Gasteiger partial charge in [-0.05, 0) is 18.6 Å². The molecular formula is C10H12N4O2S. The maximum atomic E-state index is 11.4. The maximum absolute atomic E-state index is 11.4. The van der Waals surface area contributed by atoms with Gasteiger partial charge in [0.05, 0.1) is 17.0 Å². The Morgan fingerprint density at radius 2 is 2.18 bits per heavy atom. The first-order valence-electron chi connectivity index (χ1n) is 5.36. The van der Waals surface area contributed by atoms with E-state index in [9.17, 15) is 8.42 Å². The molecule has 2 aromatic rings. The van der Waals surface area contributed by atoms with Gasteiger partial charge in [0.25, 0.3) is 0 Å². The molecule has 0 spiro atoms. The molecule has 0 saturated carbocycles. The summed E-state index contributed by atoms with van der Waals surface area (Å²) in [6, 6.07) is 3.49. The topological polar surface area (TPSA) is 102 Å². The van der Waals surface area contributed by atoms with Crippen molar-refractivity contribution in [2.24, 2.45) is 0 Å². The van der Waals surface area contributed by atoms with Gasteiger partial charge in [-0.1, -0.05) is 0 Å². The molecular weight excluding hydrogens is 240 g/mol. The summed E-state index contributed by atoms with van der Waals surface area (Å²) < 4.78 is 22.8. The third kappa shape index (κ3) is 1.86. The molecule has 3 rings (SSSR count). The standard InChI is InChI=1S/C10H12N4O2S/c11-8-2-1-7-10(13-8)14-9(12-7)6-3-4-17(15,16)5-6/h1-2,6H,3-5H2,(H3,11,12,13,14). The number of nitrogens with zero attached hydrogens (tertiary/aromatic N) is 2. The largest absolute Gasteiger partial charge is 0.384 e. The van der Waals surface area contributed by atoms with Crippen LogP contribution in [-0.4, -0.2) is 34.9 Å². The Kier molecular flexibility index (Phi) is 2.12. The summed E-state index contributed by atoms with van der Waals surface area (Å²) in [5.74, 6) is 1.47. The van der Waals surface area contributed by atoms with Crippen LogP contribution in [0.5, 0.6) is 0 Å². The van der Waals surface area contributed by atoms with Crippen LogP contribution >= 0.6 is 0 Å². The second-order valence-corrected chi connectivity index (χ2v) is 6.56. The van der Waals surface area contributed by atoms with Crippen molar-refractivity contribution < 1.29 is 8.42 Å². The molecule has 0 aromatic carbocycles. The Morgan fingerprint density at radius 3 is 2.88 bits per heavy atom. The van der Waals surface area contributed by atoms with E-state index in [0.29, 0.717) is 23.7 Å². The number of pyridine rings is 1. The fourth-order valence-electron chi connectivity index (χ4n) is 2.13. The summed E-state index contributed by atoms with van der Waals surface area (Å²) in [6.45, 7) is 0. The van der Waals surface area contributed by atoms with Crippen LogP contribution in [0.15, 0.2) is 12.1 Å². The van der Waals surface area contributed by atoms with E-state index in [2.05, 4.69) is 15.0 Å². The molecule has 0 aliphatic carbocycles. The number of aromatic amines is 1. The highest BCUT2D eigenvalue weighted by molar-refractivity contribution is 7.91. The normalized spacial score (nSPS) is 23.2. The SMILES string of the molecule is Nc1ccc2[nH]c(C3CCS(=O)(=O)C3)nc2n1. The second kappa shape index (κ2) is 3.43. The molecule has 0 bridgehead atoms. The van der Waals surface area contributed by atoms with Gasteiger partial charge < -0.3 is 10.7 Å². The van der Waals surface area contributed by atoms with E-state index >= 15 is 0 Å². The van der Waals surface area contributed by atoms with E-state index < -0.39 is 9.84 Å². The highest BCUT2D eigenvalue weighted by atomic mass is 32.2. The summed E-state index contributed by atoms with van der Waals surface area (Å²) in [6.07, 6.45) is 0.623. The molecule has 1 unspecified atom stereocenters. The van der Waals surface area contributed by atoms with Crippen molar-refractivity contribution in [1.29, 1.82) is 0 Å². The predicted molar refractivity (Wildman–Crippen MR) is 64.3 cm³/mol. The number of hydrogen-bond donors (Lipinski definition) is 2. The highest BCUT2D eigenvalue weighted by Crippen LogP contribution is 2.28. The molecule has 1 fully saturated rings. The van der Waals surface area contributed by atoms with Crippen molar-refractivity contribution >= 4 is 26.8 Å². The molecule has 0 amide bonds. The molecule has 0 radical (unpaired) electrons. The number of anilines is 1. The number of H-pyrrole nitrogens is 1. The minimum absolute atomic E-state index is 0.0459. The van der Waals surface area contributed by atoms with Crippen LogP contribution in [0.1, 0.15) is 18.2 Å². The quantitative estimate of drug-likeness (QED) is 0.766. The number of aromatic nitrogens is 3. The van der Waals surface area contributed by atoms with Crippen molar-refractivity contribution in [1.82, 2.24) is 15.0 Å². The van der Waals surface area contributed by atoms with Crippen LogP contribution in [0, 0.1) is 0 Å². The van der Waals surface area contributed by atoms with Gasteiger partial charge in [-0.3, -0.25) is 0 Å². The van der Waals surface area contributed by atoms with Crippen LogP contribution in [0.2, 0.25) is 0 Å². The molecule has 1 aliphatic heterocycles. The lowest BCUT2D eigenvalue weighted by Crippen LogP contribution is -2.04. The van der Waals surface area contributed by atoms with E-state index in [1.165, 1.54) is 0 Å². The third-order valence-electron chi connectivity index (χ3n) is 3.00. The molecule has 17 heavy (non-hydrogen) atoms. The van der Waals surface area contributed by atoms with Gasteiger partial charge in [-0.15, -0.1) is 0 Å². The smallest absolute Gasteiger partial charge is 0.179 e. The maximum Gasteiger partial charge on any atom is 0.179 e. The minimum Gasteiger partial charge on any atom is -0.384 e. The van der Waals surface area contributed by atoms with E-state index in [4.69, 9.17) is 5.73 Å². The monoisotopic (exact) mass is 252 g/mol. The number of hydrogen-bond acceptors (Lipinski definition) is 5. The van der Waals surface area contributed by atoms with Gasteiger partial charge in [-0.2, -0.15) is 0 Å². The average Bonchev–Trinajstić information content (AvgIpc) is 2.80. The Balaban J connectivity index is 2.02. The zero-order chi connectivity index (χ0) is 12.0. The third-order valence-corrected chi connectivity index (χ3v) is 4.77. The Morgan fingerprint density at radius 1 is 1.35 bits per heavy atom. The van der Waals surface area contributed by atoms with Gasteiger partial charge in [0.15, 0.2) is 15.5 Å². The Labute approximate surface area is 98.2 Å². The first-order chi connectivity index (χ1) is 8.03. The molecule has 3 heterocycles. The van der Waals surface area contributed by atoms with Gasteiger partial charge >= 0.3 is 0 Å². The number of nitrogens with two attached hydrogens (primary N) is 1. The number of fused-ring (bicyclic) bond motifs is 1. The number of sulfone groups is 1. The molecule has 90 valence electrons. The average molecular weight is 252 g/mol. The number of rotatable bonds is 1. The lowest BCUT2D eigenvalue weighted by molar-refractivity contribution is 0.601. The van der Waals surface area contributed by atoms with Crippen molar-refractivity contribution in [3.63, 3.8) is 0 Å². The van der Waals surface area contributed by atoms with Crippen LogP contribution in [0.4, 0.5) is 5.82 Å². The van der Waals surface area contributed by atoms with Gasteiger partial charge in [-0.25, -0.2) is 18.4 Å². The fourth-order valence-corrected chi connectivity index (χ4v) is 3.88. The first-order valence-corrected chi connectivity index (χ1v) is 7.18. The molecule has 6 nitrogen and oxygen atoms in total. The minimum atomic E-state index is -2.89. The number of nitrogens with one attached hydrogen (secondary N) is 1. The predicted octanol–water partition coefficient (Wildman–Crippen LogP) is 0.442. The van der Waals surface area contributed by atoms with Crippen molar-refractivity contribution in [2.45, 2.75) is 12.3 Å². The highest BCUT2D eigenvalue weighted by Gasteiger charge is 2.31. The lowest BCUT2D eigenvalue weighted by Gasteiger charge is -2.00. The molecule has 2 aromatic heterocycles. The Hall–Kier alpha value is -1.63. The summed E-state index contributed by atoms with van der Waals surface area (Å²) in [4.78, 5) is 11.5. The Bertz CT molecular complexity index is 677. The summed E-state index contributed by atoms with van der Waals surface area (Å²) in [7, 11) is -2.89.